The largest absolute Gasteiger partial charge is 0.484 e. The number of ether oxygens (including phenoxy) is 1. The molecule has 148 valence electrons. The van der Waals surface area contributed by atoms with Gasteiger partial charge in [0.25, 0.3) is 5.91 Å². The van der Waals surface area contributed by atoms with E-state index in [4.69, 9.17) is 16.3 Å². The van der Waals surface area contributed by atoms with E-state index in [0.29, 0.717) is 35.2 Å². The molecular weight excluding hydrogens is 366 g/mol. The van der Waals surface area contributed by atoms with E-state index in [9.17, 15) is 9.59 Å². The second-order valence-corrected chi connectivity index (χ2v) is 8.34. The molecule has 27 heavy (non-hydrogen) atoms. The summed E-state index contributed by atoms with van der Waals surface area (Å²) in [5.74, 6) is 1.50. The van der Waals surface area contributed by atoms with E-state index in [2.05, 4.69) is 24.5 Å². The Hall–Kier alpha value is -1.79. The molecule has 0 bridgehead atoms. The average molecular weight is 394 g/mol. The number of nitrogens with zero attached hydrogens (tertiary/aromatic N) is 1. The van der Waals surface area contributed by atoms with Gasteiger partial charge in [0.05, 0.1) is 6.54 Å². The van der Waals surface area contributed by atoms with Crippen LogP contribution in [0.25, 0.3) is 0 Å². The highest BCUT2D eigenvalue weighted by atomic mass is 35.5. The second-order valence-electron chi connectivity index (χ2n) is 7.90. The van der Waals surface area contributed by atoms with Crippen LogP contribution in [-0.2, 0) is 9.59 Å². The van der Waals surface area contributed by atoms with Crippen LogP contribution < -0.4 is 15.4 Å². The first-order valence-corrected chi connectivity index (χ1v) is 9.88. The van der Waals surface area contributed by atoms with Crippen LogP contribution in [0.15, 0.2) is 24.3 Å². The minimum Gasteiger partial charge on any atom is -0.484 e. The Kier molecular flexibility index (Phi) is 6.27. The van der Waals surface area contributed by atoms with Gasteiger partial charge in [-0.15, -0.1) is 0 Å². The lowest BCUT2D eigenvalue weighted by Crippen LogP contribution is -2.45. The first kappa shape index (κ1) is 20.0. The summed E-state index contributed by atoms with van der Waals surface area (Å²) < 4.78 is 5.49. The number of halogens is 1. The van der Waals surface area contributed by atoms with Gasteiger partial charge < -0.3 is 15.4 Å². The quantitative estimate of drug-likeness (QED) is 0.709. The van der Waals surface area contributed by atoms with E-state index in [0.717, 1.165) is 12.8 Å². The van der Waals surface area contributed by atoms with Crippen molar-refractivity contribution in [3.05, 3.63) is 29.3 Å². The molecule has 0 aliphatic heterocycles. The number of nitrogens with one attached hydrogen (secondary N) is 2. The number of amides is 2. The molecule has 6 nitrogen and oxygen atoms in total. The summed E-state index contributed by atoms with van der Waals surface area (Å²) in [6.45, 7) is 4.51. The number of benzene rings is 1. The molecule has 1 aromatic carbocycles. The minimum atomic E-state index is -0.132. The number of carbonyl (C=O) groups is 2. The zero-order valence-corrected chi connectivity index (χ0v) is 16.8. The molecule has 2 aliphatic rings. The normalized spacial score (nSPS) is 26.0. The van der Waals surface area contributed by atoms with Gasteiger partial charge in [-0.05, 0) is 69.8 Å². The molecule has 1 aromatic rings. The molecule has 0 radical (unpaired) electrons. The van der Waals surface area contributed by atoms with Gasteiger partial charge >= 0.3 is 0 Å². The van der Waals surface area contributed by atoms with Gasteiger partial charge in [-0.2, -0.15) is 0 Å². The molecule has 2 fully saturated rings. The van der Waals surface area contributed by atoms with Gasteiger partial charge in [0, 0.05) is 23.1 Å². The molecule has 0 spiro atoms. The molecule has 0 saturated heterocycles. The van der Waals surface area contributed by atoms with Gasteiger partial charge in [0.1, 0.15) is 5.75 Å². The number of likely N-dealkylation sites (N-methyl/N-ethyl adjacent to an activating group) is 1. The highest BCUT2D eigenvalue weighted by Gasteiger charge is 2.55. The van der Waals surface area contributed by atoms with Gasteiger partial charge in [0.15, 0.2) is 6.61 Å². The number of hydrogen-bond donors (Lipinski definition) is 2. The Labute approximate surface area is 165 Å². The molecule has 2 saturated carbocycles. The molecule has 2 aliphatic carbocycles. The van der Waals surface area contributed by atoms with E-state index in [1.54, 1.807) is 24.3 Å². The van der Waals surface area contributed by atoms with Crippen LogP contribution in [-0.4, -0.2) is 55.0 Å². The van der Waals surface area contributed by atoms with Crippen LogP contribution in [0.2, 0.25) is 5.02 Å². The molecule has 7 heteroatoms. The summed E-state index contributed by atoms with van der Waals surface area (Å²) in [6.07, 6.45) is 1.85. The smallest absolute Gasteiger partial charge is 0.258 e. The maximum Gasteiger partial charge on any atom is 0.258 e. The lowest BCUT2D eigenvalue weighted by atomic mass is 10.1. The third kappa shape index (κ3) is 5.36. The summed E-state index contributed by atoms with van der Waals surface area (Å²) in [7, 11) is 1.95. The zero-order chi connectivity index (χ0) is 19.6. The molecule has 0 aromatic heterocycles. The maximum atomic E-state index is 12.2. The molecule has 0 heterocycles. The van der Waals surface area contributed by atoms with E-state index < -0.39 is 0 Å². The van der Waals surface area contributed by atoms with Crippen molar-refractivity contribution < 1.29 is 14.3 Å². The second kappa shape index (κ2) is 8.48. The van der Waals surface area contributed by atoms with Crippen LogP contribution in [0, 0.1) is 11.8 Å². The monoisotopic (exact) mass is 393 g/mol. The molecule has 2 unspecified atom stereocenters. The minimum absolute atomic E-state index is 0.0221. The van der Waals surface area contributed by atoms with Gasteiger partial charge in [0.2, 0.25) is 5.91 Å². The summed E-state index contributed by atoms with van der Waals surface area (Å²) in [5, 5.41) is 6.84. The van der Waals surface area contributed by atoms with E-state index in [1.165, 1.54) is 0 Å². The predicted octanol–water partition coefficient (Wildman–Crippen LogP) is 2.07. The Morgan fingerprint density at radius 2 is 1.70 bits per heavy atom. The summed E-state index contributed by atoms with van der Waals surface area (Å²) >= 11 is 5.83. The Balaban J connectivity index is 1.41. The molecular formula is C20H28ClN3O3. The van der Waals surface area contributed by atoms with Crippen molar-refractivity contribution in [1.82, 2.24) is 15.5 Å². The zero-order valence-electron chi connectivity index (χ0n) is 16.1. The summed E-state index contributed by atoms with van der Waals surface area (Å²) in [5.41, 5.74) is 0. The van der Waals surface area contributed by atoms with Gasteiger partial charge in [-0.1, -0.05) is 11.6 Å². The van der Waals surface area contributed by atoms with Crippen molar-refractivity contribution in [3.63, 3.8) is 0 Å². The SMILES string of the molecule is CC(C)N(C)CC(=O)N[C@H]1C[C@@H](NC(=O)COc2ccc(Cl)cc2)C2CC21. The topological polar surface area (TPSA) is 70.7 Å². The van der Waals surface area contributed by atoms with Crippen molar-refractivity contribution >= 4 is 23.4 Å². The first-order chi connectivity index (χ1) is 12.8. The standard InChI is InChI=1S/C20H28ClN3O3/c1-12(2)24(3)10-19(25)22-17-9-18(16-8-15(16)17)23-20(26)11-27-14-6-4-13(21)5-7-14/h4-7,12,15-18H,8-11H2,1-3H3,(H,22,25)(H,23,26)/t15?,16?,17-,18+/m0/s1. The van der Waals surface area contributed by atoms with Crippen LogP contribution in [0.5, 0.6) is 5.75 Å². The van der Waals surface area contributed by atoms with E-state index >= 15 is 0 Å². The third-order valence-electron chi connectivity index (χ3n) is 5.58. The molecule has 3 rings (SSSR count). The molecule has 4 atom stereocenters. The average Bonchev–Trinajstić information content (AvgIpc) is 3.34. The van der Waals surface area contributed by atoms with Crippen molar-refractivity contribution in [2.75, 3.05) is 20.2 Å². The third-order valence-corrected chi connectivity index (χ3v) is 5.84. The van der Waals surface area contributed by atoms with Crippen LogP contribution in [0.4, 0.5) is 0 Å². The van der Waals surface area contributed by atoms with Crippen LogP contribution >= 0.6 is 11.6 Å². The van der Waals surface area contributed by atoms with E-state index in [1.807, 2.05) is 11.9 Å². The van der Waals surface area contributed by atoms with Crippen LogP contribution in [0.3, 0.4) is 0 Å². The fourth-order valence-electron chi connectivity index (χ4n) is 3.71. The van der Waals surface area contributed by atoms with Crippen molar-refractivity contribution in [2.45, 2.75) is 44.8 Å². The highest BCUT2D eigenvalue weighted by molar-refractivity contribution is 6.30. The summed E-state index contributed by atoms with van der Waals surface area (Å²) in [6, 6.07) is 7.54. The van der Waals surface area contributed by atoms with Crippen LogP contribution in [0.1, 0.15) is 26.7 Å². The van der Waals surface area contributed by atoms with Gasteiger partial charge in [-0.25, -0.2) is 0 Å². The predicted molar refractivity (Wildman–Crippen MR) is 105 cm³/mol. The Bertz CT molecular complexity index is 680. The fraction of sp³-hybridized carbons (Fsp3) is 0.600. The number of rotatable bonds is 8. The lowest BCUT2D eigenvalue weighted by Gasteiger charge is -2.23. The molecule has 2 N–H and O–H groups in total. The number of hydrogen-bond acceptors (Lipinski definition) is 4. The fourth-order valence-corrected chi connectivity index (χ4v) is 3.83. The Morgan fingerprint density at radius 1 is 1.11 bits per heavy atom. The highest BCUT2D eigenvalue weighted by Crippen LogP contribution is 2.51. The van der Waals surface area contributed by atoms with E-state index in [-0.39, 0.29) is 30.5 Å². The van der Waals surface area contributed by atoms with Crippen molar-refractivity contribution in [3.8, 4) is 5.75 Å². The molecule has 2 amide bonds. The number of carbonyl (C=O) groups excluding carboxylic acids is 2. The summed E-state index contributed by atoms with van der Waals surface area (Å²) in [4.78, 5) is 26.4. The van der Waals surface area contributed by atoms with Gasteiger partial charge in [-0.3, -0.25) is 14.5 Å². The number of fused-ring (bicyclic) bond motifs is 1. The first-order valence-electron chi connectivity index (χ1n) is 9.51. The Morgan fingerprint density at radius 3 is 2.30 bits per heavy atom. The lowest BCUT2D eigenvalue weighted by molar-refractivity contribution is -0.124. The van der Waals surface area contributed by atoms with Crippen molar-refractivity contribution in [1.29, 1.82) is 0 Å². The van der Waals surface area contributed by atoms with Crippen molar-refractivity contribution in [2.24, 2.45) is 11.8 Å². The maximum absolute atomic E-state index is 12.2.